The number of carbonyl (C=O) groups excluding carboxylic acids is 2. The zero-order chi connectivity index (χ0) is 14.3. The lowest BCUT2D eigenvalue weighted by atomic mass is 9.81. The molecule has 1 fully saturated rings. The first-order chi connectivity index (χ1) is 9.63. The molecule has 1 aromatic carbocycles. The lowest BCUT2D eigenvalue weighted by molar-refractivity contribution is -0.126. The third-order valence-corrected chi connectivity index (χ3v) is 4.41. The van der Waals surface area contributed by atoms with Gasteiger partial charge in [-0.15, -0.1) is 0 Å². The third kappa shape index (κ3) is 1.59. The molecule has 0 atom stereocenters. The number of nitrogens with zero attached hydrogens (tertiary/aromatic N) is 2. The Morgan fingerprint density at radius 1 is 1.25 bits per heavy atom. The van der Waals surface area contributed by atoms with E-state index in [1.54, 1.807) is 0 Å². The first-order valence-corrected chi connectivity index (χ1v) is 6.93. The average Bonchev–Trinajstić information content (AvgIpc) is 2.98. The molecule has 5 nitrogen and oxygen atoms in total. The fourth-order valence-corrected chi connectivity index (χ4v) is 2.93. The molecule has 0 bridgehead atoms. The van der Waals surface area contributed by atoms with Crippen molar-refractivity contribution in [3.05, 3.63) is 24.3 Å². The molecule has 3 rings (SSSR count). The van der Waals surface area contributed by atoms with Crippen LogP contribution >= 0.6 is 0 Å². The van der Waals surface area contributed by atoms with Crippen LogP contribution < -0.4 is 4.90 Å². The Labute approximate surface area is 117 Å². The van der Waals surface area contributed by atoms with Crippen molar-refractivity contribution in [3.8, 4) is 0 Å². The summed E-state index contributed by atoms with van der Waals surface area (Å²) < 4.78 is 0. The number of anilines is 1. The summed E-state index contributed by atoms with van der Waals surface area (Å²) in [4.78, 5) is 26.3. The van der Waals surface area contributed by atoms with Gasteiger partial charge in [0, 0.05) is 11.8 Å². The summed E-state index contributed by atoms with van der Waals surface area (Å²) in [6.45, 7) is 3.92. The first-order valence-electron chi connectivity index (χ1n) is 6.93. The quantitative estimate of drug-likeness (QED) is 0.873. The van der Waals surface area contributed by atoms with Crippen LogP contribution in [0.15, 0.2) is 24.3 Å². The van der Waals surface area contributed by atoms with Crippen molar-refractivity contribution < 1.29 is 9.59 Å². The molecule has 1 aromatic heterocycles. The predicted molar refractivity (Wildman–Crippen MR) is 76.2 cm³/mol. The minimum absolute atomic E-state index is 0.121. The maximum atomic E-state index is 12.7. The molecule has 0 aliphatic carbocycles. The Morgan fingerprint density at radius 3 is 2.60 bits per heavy atom. The number of fused-ring (bicyclic) bond motifs is 1. The van der Waals surface area contributed by atoms with Crippen LogP contribution in [0.1, 0.15) is 33.1 Å². The topological polar surface area (TPSA) is 66.1 Å². The number of carbonyl (C=O) groups is 2. The number of aromatic amines is 1. The van der Waals surface area contributed by atoms with Gasteiger partial charge in [-0.05, 0) is 25.0 Å². The van der Waals surface area contributed by atoms with Crippen LogP contribution in [0.2, 0.25) is 0 Å². The van der Waals surface area contributed by atoms with Gasteiger partial charge >= 0.3 is 0 Å². The maximum Gasteiger partial charge on any atom is 0.241 e. The minimum atomic E-state index is -0.558. The number of H-pyrrole nitrogens is 1. The Hall–Kier alpha value is -2.17. The Morgan fingerprint density at radius 2 is 1.95 bits per heavy atom. The predicted octanol–water partition coefficient (Wildman–Crippen LogP) is 2.63. The molecule has 2 amide bonds. The highest BCUT2D eigenvalue weighted by Gasteiger charge is 2.50. The van der Waals surface area contributed by atoms with Crippen LogP contribution in [0.5, 0.6) is 0 Å². The SMILES string of the molecule is CCC1(CC)CC(=O)N(c2n[nH]c3ccccc23)C1=O. The number of hydrogen-bond donors (Lipinski definition) is 1. The van der Waals surface area contributed by atoms with E-state index < -0.39 is 5.41 Å². The molecule has 2 aromatic rings. The van der Waals surface area contributed by atoms with Crippen molar-refractivity contribution in [1.82, 2.24) is 10.2 Å². The molecule has 1 aliphatic heterocycles. The van der Waals surface area contributed by atoms with E-state index in [0.717, 1.165) is 10.9 Å². The summed E-state index contributed by atoms with van der Waals surface area (Å²) in [6.07, 6.45) is 1.62. The van der Waals surface area contributed by atoms with Crippen molar-refractivity contribution >= 4 is 28.5 Å². The number of benzene rings is 1. The van der Waals surface area contributed by atoms with E-state index in [9.17, 15) is 9.59 Å². The van der Waals surface area contributed by atoms with E-state index >= 15 is 0 Å². The number of imide groups is 1. The summed E-state index contributed by atoms with van der Waals surface area (Å²) in [5, 5.41) is 7.85. The van der Waals surface area contributed by atoms with E-state index in [4.69, 9.17) is 0 Å². The van der Waals surface area contributed by atoms with Gasteiger partial charge in [0.1, 0.15) is 0 Å². The number of nitrogens with one attached hydrogen (secondary N) is 1. The second-order valence-corrected chi connectivity index (χ2v) is 5.29. The van der Waals surface area contributed by atoms with E-state index in [1.165, 1.54) is 4.90 Å². The van der Waals surface area contributed by atoms with Crippen LogP contribution in [0.3, 0.4) is 0 Å². The lowest BCUT2D eigenvalue weighted by Gasteiger charge is -2.22. The lowest BCUT2D eigenvalue weighted by Crippen LogP contribution is -2.35. The van der Waals surface area contributed by atoms with Gasteiger partial charge in [0.05, 0.1) is 10.9 Å². The molecule has 1 N–H and O–H groups in total. The highest BCUT2D eigenvalue weighted by molar-refractivity contribution is 6.24. The van der Waals surface area contributed by atoms with Crippen molar-refractivity contribution in [3.63, 3.8) is 0 Å². The fourth-order valence-electron chi connectivity index (χ4n) is 2.93. The summed E-state index contributed by atoms with van der Waals surface area (Å²) in [7, 11) is 0. The number of aromatic nitrogens is 2. The molecule has 104 valence electrons. The van der Waals surface area contributed by atoms with Gasteiger partial charge in [0.15, 0.2) is 5.82 Å². The minimum Gasteiger partial charge on any atom is -0.276 e. The zero-order valence-corrected chi connectivity index (χ0v) is 11.6. The van der Waals surface area contributed by atoms with Gasteiger partial charge in [0.25, 0.3) is 0 Å². The van der Waals surface area contributed by atoms with Crippen molar-refractivity contribution in [1.29, 1.82) is 0 Å². The number of para-hydroxylation sites is 1. The largest absolute Gasteiger partial charge is 0.276 e. The first kappa shape index (κ1) is 12.8. The summed E-state index contributed by atoms with van der Waals surface area (Å²) in [6, 6.07) is 7.51. The van der Waals surface area contributed by atoms with Gasteiger partial charge in [0.2, 0.25) is 11.8 Å². The molecule has 1 saturated heterocycles. The van der Waals surface area contributed by atoms with Gasteiger partial charge in [-0.1, -0.05) is 26.0 Å². The molecule has 1 aliphatic rings. The Kier molecular flexibility index (Phi) is 2.85. The second-order valence-electron chi connectivity index (χ2n) is 5.29. The fraction of sp³-hybridized carbons (Fsp3) is 0.400. The third-order valence-electron chi connectivity index (χ3n) is 4.41. The smallest absolute Gasteiger partial charge is 0.241 e. The van der Waals surface area contributed by atoms with Gasteiger partial charge in [-0.2, -0.15) is 5.10 Å². The van der Waals surface area contributed by atoms with Crippen LogP contribution in [-0.2, 0) is 9.59 Å². The van der Waals surface area contributed by atoms with Crippen LogP contribution in [0.25, 0.3) is 10.9 Å². The Bertz CT molecular complexity index is 685. The molecular weight excluding hydrogens is 254 g/mol. The van der Waals surface area contributed by atoms with Crippen molar-refractivity contribution in [2.24, 2.45) is 5.41 Å². The molecule has 0 radical (unpaired) electrons. The molecule has 20 heavy (non-hydrogen) atoms. The monoisotopic (exact) mass is 271 g/mol. The van der Waals surface area contributed by atoms with Gasteiger partial charge in [-0.25, -0.2) is 4.90 Å². The highest BCUT2D eigenvalue weighted by Crippen LogP contribution is 2.42. The highest BCUT2D eigenvalue weighted by atomic mass is 16.2. The van der Waals surface area contributed by atoms with Crippen molar-refractivity contribution in [2.75, 3.05) is 4.90 Å². The standard InChI is InChI=1S/C15H17N3O2/c1-3-15(4-2)9-12(19)18(14(15)20)13-10-7-5-6-8-11(10)16-17-13/h5-8H,3-4,9H2,1-2H3,(H,16,17). The molecule has 5 heteroatoms. The molecule has 2 heterocycles. The van der Waals surface area contributed by atoms with Crippen LogP contribution in [0.4, 0.5) is 5.82 Å². The van der Waals surface area contributed by atoms with Gasteiger partial charge in [-0.3, -0.25) is 14.7 Å². The molecule has 0 unspecified atom stereocenters. The van der Waals surface area contributed by atoms with Crippen LogP contribution in [0, 0.1) is 5.41 Å². The average molecular weight is 271 g/mol. The maximum absolute atomic E-state index is 12.7. The van der Waals surface area contributed by atoms with Gasteiger partial charge < -0.3 is 0 Å². The van der Waals surface area contributed by atoms with E-state index in [1.807, 2.05) is 38.1 Å². The number of amides is 2. The number of rotatable bonds is 3. The van der Waals surface area contributed by atoms with Crippen molar-refractivity contribution in [2.45, 2.75) is 33.1 Å². The Balaban J connectivity index is 2.11. The zero-order valence-electron chi connectivity index (χ0n) is 11.6. The molecular formula is C15H17N3O2. The molecule has 0 spiro atoms. The molecule has 0 saturated carbocycles. The van der Waals surface area contributed by atoms with Crippen LogP contribution in [-0.4, -0.2) is 22.0 Å². The summed E-state index contributed by atoms with van der Waals surface area (Å²) >= 11 is 0. The van der Waals surface area contributed by atoms with E-state index in [-0.39, 0.29) is 18.2 Å². The second kappa shape index (κ2) is 4.44. The normalized spacial score (nSPS) is 18.2. The number of hydrogen-bond acceptors (Lipinski definition) is 3. The van der Waals surface area contributed by atoms with E-state index in [0.29, 0.717) is 18.7 Å². The summed E-state index contributed by atoms with van der Waals surface area (Å²) in [5.41, 5.74) is 0.269. The summed E-state index contributed by atoms with van der Waals surface area (Å²) in [5.74, 6) is 0.153. The van der Waals surface area contributed by atoms with E-state index in [2.05, 4.69) is 10.2 Å².